The van der Waals surface area contributed by atoms with Gasteiger partial charge in [-0.2, -0.15) is 8.61 Å². The normalized spacial score (nSPS) is 11.8. The molecule has 42 heavy (non-hydrogen) atoms. The van der Waals surface area contributed by atoms with Gasteiger partial charge in [-0.1, -0.05) is 23.2 Å². The molecule has 12 nitrogen and oxygen atoms in total. The lowest BCUT2D eigenvalue weighted by Crippen LogP contribution is -2.33. The van der Waals surface area contributed by atoms with Crippen molar-refractivity contribution in [3.05, 3.63) is 46.4 Å². The summed E-state index contributed by atoms with van der Waals surface area (Å²) in [7, 11) is 2.37. The van der Waals surface area contributed by atoms with Crippen molar-refractivity contribution in [3.8, 4) is 11.5 Å². The molecule has 2 rings (SSSR count). The number of ether oxygens (including phenoxy) is 2. The second kappa shape index (κ2) is 16.9. The fourth-order valence-electron chi connectivity index (χ4n) is 3.01. The van der Waals surface area contributed by atoms with Gasteiger partial charge in [0.15, 0.2) is 0 Å². The Labute approximate surface area is 269 Å². The standard InChI is InChI=1S/C24H32Cl2N4O8S2.2ClH/c1-27(2)11-13-29(5)39(33,34)17-7-9-21(19(25)15-17)37-23(31)24(32)38-22-10-8-18(16-20(22)26)40(35,36)30(6)14-12-28(3)4;;/h7-10,15-16H,11-14H2,1-6H3;2*1H. The molecule has 0 aliphatic carbocycles. The van der Waals surface area contributed by atoms with E-state index in [-0.39, 0.29) is 69.2 Å². The summed E-state index contributed by atoms with van der Waals surface area (Å²) < 4.78 is 63.3. The molecule has 2 aromatic carbocycles. The topological polar surface area (TPSA) is 134 Å². The molecule has 0 radical (unpaired) electrons. The van der Waals surface area contributed by atoms with Gasteiger partial charge < -0.3 is 19.3 Å². The van der Waals surface area contributed by atoms with E-state index in [1.165, 1.54) is 26.2 Å². The monoisotopic (exact) mass is 710 g/mol. The highest BCUT2D eigenvalue weighted by molar-refractivity contribution is 7.89. The lowest BCUT2D eigenvalue weighted by atomic mass is 10.3. The highest BCUT2D eigenvalue weighted by Gasteiger charge is 2.26. The van der Waals surface area contributed by atoms with Crippen LogP contribution >= 0.6 is 48.0 Å². The molecule has 18 heteroatoms. The van der Waals surface area contributed by atoms with Gasteiger partial charge in [-0.15, -0.1) is 24.8 Å². The zero-order valence-electron chi connectivity index (χ0n) is 23.7. The Morgan fingerprint density at radius 3 is 1.19 bits per heavy atom. The predicted octanol–water partition coefficient (Wildman–Crippen LogP) is 2.71. The first kappa shape index (κ1) is 40.3. The minimum atomic E-state index is -3.86. The Morgan fingerprint density at radius 1 is 0.619 bits per heavy atom. The second-order valence-electron chi connectivity index (χ2n) is 9.22. The van der Waals surface area contributed by atoms with E-state index in [1.807, 2.05) is 38.0 Å². The molecule has 0 bridgehead atoms. The molecule has 0 fully saturated rings. The SMILES string of the molecule is CN(C)CCN(C)S(=O)(=O)c1ccc(OC(=O)C(=O)Oc2ccc(S(=O)(=O)N(C)CCN(C)C)cc2Cl)c(Cl)c1.Cl.Cl. The summed E-state index contributed by atoms with van der Waals surface area (Å²) >= 11 is 12.2. The molecule has 0 aliphatic heterocycles. The fraction of sp³-hybridized carbons (Fsp3) is 0.417. The lowest BCUT2D eigenvalue weighted by molar-refractivity contribution is -0.156. The van der Waals surface area contributed by atoms with Crippen molar-refractivity contribution >= 4 is 80.0 Å². The molecular weight excluding hydrogens is 678 g/mol. The molecule has 0 aromatic heterocycles. The molecule has 0 spiro atoms. The van der Waals surface area contributed by atoms with Gasteiger partial charge in [0.05, 0.1) is 19.8 Å². The Bertz CT molecular complexity index is 1350. The first-order valence-electron chi connectivity index (χ1n) is 11.7. The van der Waals surface area contributed by atoms with Gasteiger partial charge in [0.1, 0.15) is 11.5 Å². The van der Waals surface area contributed by atoms with Crippen LogP contribution in [0.4, 0.5) is 0 Å². The fourth-order valence-corrected chi connectivity index (χ4v) is 5.96. The Hall–Kier alpha value is -1.72. The van der Waals surface area contributed by atoms with Crippen LogP contribution in [-0.4, -0.2) is 116 Å². The van der Waals surface area contributed by atoms with Gasteiger partial charge in [-0.25, -0.2) is 26.4 Å². The number of hydrogen-bond acceptors (Lipinski definition) is 10. The molecule has 0 aliphatic rings. The van der Waals surface area contributed by atoms with Crippen LogP contribution in [0.2, 0.25) is 10.0 Å². The number of esters is 2. The number of likely N-dealkylation sites (N-methyl/N-ethyl adjacent to an activating group) is 4. The van der Waals surface area contributed by atoms with E-state index in [0.717, 1.165) is 32.9 Å². The number of rotatable bonds is 12. The van der Waals surface area contributed by atoms with Crippen molar-refractivity contribution in [2.45, 2.75) is 9.79 Å². The van der Waals surface area contributed by atoms with E-state index in [0.29, 0.717) is 13.1 Å². The van der Waals surface area contributed by atoms with E-state index >= 15 is 0 Å². The average Bonchev–Trinajstić information content (AvgIpc) is 2.87. The van der Waals surface area contributed by atoms with E-state index in [9.17, 15) is 26.4 Å². The van der Waals surface area contributed by atoms with Crippen LogP contribution in [0.25, 0.3) is 0 Å². The Kier molecular flexibility index (Phi) is 16.3. The Morgan fingerprint density at radius 2 is 0.929 bits per heavy atom. The summed E-state index contributed by atoms with van der Waals surface area (Å²) in [5.41, 5.74) is 0. The van der Waals surface area contributed by atoms with Crippen molar-refractivity contribution in [2.75, 3.05) is 68.5 Å². The van der Waals surface area contributed by atoms with Crippen molar-refractivity contribution < 1.29 is 35.9 Å². The largest absolute Gasteiger partial charge is 0.423 e. The second-order valence-corrected chi connectivity index (χ2v) is 14.1. The third-order valence-electron chi connectivity index (χ3n) is 5.52. The molecule has 0 unspecified atom stereocenters. The van der Waals surface area contributed by atoms with E-state index < -0.39 is 32.0 Å². The number of benzene rings is 2. The zero-order valence-corrected chi connectivity index (χ0v) is 28.5. The smallest absolute Gasteiger partial charge is 0.416 e. The number of hydrogen-bond donors (Lipinski definition) is 0. The van der Waals surface area contributed by atoms with Gasteiger partial charge in [0, 0.05) is 40.3 Å². The molecule has 0 saturated carbocycles. The minimum absolute atomic E-state index is 0. The minimum Gasteiger partial charge on any atom is -0.416 e. The summed E-state index contributed by atoms with van der Waals surface area (Å²) in [6.07, 6.45) is 0. The summed E-state index contributed by atoms with van der Waals surface area (Å²) in [6, 6.07) is 6.85. The number of carbonyl (C=O) groups excluding carboxylic acids is 2. The molecule has 0 atom stereocenters. The van der Waals surface area contributed by atoms with Gasteiger partial charge in [-0.05, 0) is 64.6 Å². The van der Waals surface area contributed by atoms with E-state index in [2.05, 4.69) is 0 Å². The van der Waals surface area contributed by atoms with Gasteiger partial charge in [-0.3, -0.25) is 0 Å². The molecule has 0 heterocycles. The number of sulfonamides is 2. The number of carbonyl (C=O) groups is 2. The predicted molar refractivity (Wildman–Crippen MR) is 165 cm³/mol. The summed E-state index contributed by atoms with van der Waals surface area (Å²) in [5, 5.41) is -0.455. The third-order valence-corrected chi connectivity index (χ3v) is 9.82. The molecule has 0 saturated heterocycles. The molecule has 0 N–H and O–H groups in total. The maximum Gasteiger partial charge on any atom is 0.423 e. The van der Waals surface area contributed by atoms with Crippen LogP contribution < -0.4 is 9.47 Å². The van der Waals surface area contributed by atoms with Crippen LogP contribution in [-0.2, 0) is 29.6 Å². The van der Waals surface area contributed by atoms with Crippen molar-refractivity contribution in [1.29, 1.82) is 0 Å². The molecule has 2 aromatic rings. The molecular formula is C24H34Cl4N4O8S2. The third kappa shape index (κ3) is 10.8. The van der Waals surface area contributed by atoms with Crippen molar-refractivity contribution in [1.82, 2.24) is 18.4 Å². The maximum atomic E-state index is 12.8. The zero-order chi connectivity index (χ0) is 30.4. The maximum absolute atomic E-state index is 12.8. The number of nitrogens with zero attached hydrogens (tertiary/aromatic N) is 4. The molecule has 0 amide bonds. The first-order chi connectivity index (χ1) is 18.5. The van der Waals surface area contributed by atoms with E-state index in [1.54, 1.807) is 0 Å². The van der Waals surface area contributed by atoms with Gasteiger partial charge >= 0.3 is 11.9 Å². The van der Waals surface area contributed by atoms with E-state index in [4.69, 9.17) is 32.7 Å². The van der Waals surface area contributed by atoms with Gasteiger partial charge in [0.2, 0.25) is 20.0 Å². The van der Waals surface area contributed by atoms with Crippen LogP contribution in [0.15, 0.2) is 46.2 Å². The average molecular weight is 713 g/mol. The molecule has 238 valence electrons. The summed E-state index contributed by atoms with van der Waals surface area (Å²) in [4.78, 5) is 28.1. The van der Waals surface area contributed by atoms with Crippen molar-refractivity contribution in [3.63, 3.8) is 0 Å². The van der Waals surface area contributed by atoms with Crippen LogP contribution in [0.3, 0.4) is 0 Å². The Balaban J connectivity index is 0.00000840. The quantitative estimate of drug-likeness (QED) is 0.184. The van der Waals surface area contributed by atoms with Crippen LogP contribution in [0.1, 0.15) is 0 Å². The first-order valence-corrected chi connectivity index (χ1v) is 15.4. The van der Waals surface area contributed by atoms with Gasteiger partial charge in [0.25, 0.3) is 0 Å². The van der Waals surface area contributed by atoms with Crippen molar-refractivity contribution in [2.24, 2.45) is 0 Å². The van der Waals surface area contributed by atoms with Crippen LogP contribution in [0, 0.1) is 0 Å². The highest BCUT2D eigenvalue weighted by atomic mass is 35.5. The highest BCUT2D eigenvalue weighted by Crippen LogP contribution is 2.30. The number of halogens is 4. The lowest BCUT2D eigenvalue weighted by Gasteiger charge is -2.20. The summed E-state index contributed by atoms with van der Waals surface area (Å²) in [6.45, 7) is 1.46. The van der Waals surface area contributed by atoms with Crippen LogP contribution in [0.5, 0.6) is 11.5 Å². The summed E-state index contributed by atoms with van der Waals surface area (Å²) in [5.74, 6) is -3.47.